The van der Waals surface area contributed by atoms with E-state index in [2.05, 4.69) is 27.2 Å². The fourth-order valence-corrected chi connectivity index (χ4v) is 2.99. The summed E-state index contributed by atoms with van der Waals surface area (Å²) >= 11 is 0. The summed E-state index contributed by atoms with van der Waals surface area (Å²) in [5.41, 5.74) is 3.08. The van der Waals surface area contributed by atoms with E-state index >= 15 is 0 Å². The van der Waals surface area contributed by atoms with Crippen molar-refractivity contribution < 1.29 is 9.53 Å². The number of ketones is 1. The highest BCUT2D eigenvalue weighted by atomic mass is 16.5. The molecule has 3 rings (SSSR count). The van der Waals surface area contributed by atoms with Crippen LogP contribution in [0.2, 0.25) is 0 Å². The molecule has 0 aliphatic rings. The van der Waals surface area contributed by atoms with Gasteiger partial charge in [0.2, 0.25) is 0 Å². The van der Waals surface area contributed by atoms with Crippen molar-refractivity contribution in [1.29, 1.82) is 0 Å². The fraction of sp³-hybridized carbons (Fsp3) is 0.304. The summed E-state index contributed by atoms with van der Waals surface area (Å²) < 4.78 is 5.29. The Kier molecular flexibility index (Phi) is 6.89. The van der Waals surface area contributed by atoms with Gasteiger partial charge in [-0.1, -0.05) is 13.3 Å². The molecule has 0 radical (unpaired) electrons. The first-order chi connectivity index (χ1) is 14.1. The zero-order chi connectivity index (χ0) is 20.6. The van der Waals surface area contributed by atoms with E-state index in [0.717, 1.165) is 36.3 Å². The molecular weight excluding hydrogens is 364 g/mol. The van der Waals surface area contributed by atoms with Crippen molar-refractivity contribution in [3.63, 3.8) is 0 Å². The first-order valence-corrected chi connectivity index (χ1v) is 9.80. The third-order valence-electron chi connectivity index (χ3n) is 4.49. The average molecular weight is 390 g/mol. The summed E-state index contributed by atoms with van der Waals surface area (Å²) in [6, 6.07) is 11.1. The van der Waals surface area contributed by atoms with Gasteiger partial charge in [0.15, 0.2) is 11.6 Å². The van der Waals surface area contributed by atoms with Crippen LogP contribution in [0.3, 0.4) is 0 Å². The number of rotatable bonds is 9. The number of benzene rings is 1. The minimum absolute atomic E-state index is 0.0117. The first-order valence-electron chi connectivity index (χ1n) is 9.80. The lowest BCUT2D eigenvalue weighted by molar-refractivity contribution is 0.0991. The topological polar surface area (TPSA) is 77.0 Å². The number of nitrogens with one attached hydrogen (secondary N) is 1. The molecule has 1 N–H and O–H groups in total. The maximum absolute atomic E-state index is 12.9. The minimum atomic E-state index is -0.0117. The summed E-state index contributed by atoms with van der Waals surface area (Å²) in [4.78, 5) is 26.3. The highest BCUT2D eigenvalue weighted by Gasteiger charge is 2.13. The Morgan fingerprint density at radius 3 is 2.76 bits per heavy atom. The normalized spacial score (nSPS) is 10.6. The Balaban J connectivity index is 1.90. The number of anilines is 1. The lowest BCUT2D eigenvalue weighted by Crippen LogP contribution is -2.10. The first kappa shape index (κ1) is 20.5. The molecular formula is C23H26N4O2. The monoisotopic (exact) mass is 390 g/mol. The average Bonchev–Trinajstić information content (AvgIpc) is 2.74. The van der Waals surface area contributed by atoms with Crippen molar-refractivity contribution in [3.8, 4) is 17.1 Å². The molecule has 1 aromatic carbocycles. The molecule has 2 aromatic heterocycles. The van der Waals surface area contributed by atoms with Gasteiger partial charge in [0, 0.05) is 36.1 Å². The van der Waals surface area contributed by atoms with E-state index < -0.39 is 0 Å². The molecule has 3 aromatic rings. The van der Waals surface area contributed by atoms with Crippen LogP contribution in [0.1, 0.15) is 41.4 Å². The van der Waals surface area contributed by atoms with Crippen molar-refractivity contribution in [1.82, 2.24) is 15.0 Å². The third-order valence-corrected chi connectivity index (χ3v) is 4.49. The van der Waals surface area contributed by atoms with Gasteiger partial charge in [0.25, 0.3) is 0 Å². The molecule has 0 bridgehead atoms. The second kappa shape index (κ2) is 9.78. The minimum Gasteiger partial charge on any atom is -0.497 e. The van der Waals surface area contributed by atoms with Gasteiger partial charge in [-0.3, -0.25) is 9.78 Å². The van der Waals surface area contributed by atoms with Gasteiger partial charge in [-0.25, -0.2) is 9.97 Å². The quantitative estimate of drug-likeness (QED) is 0.428. The Hall–Kier alpha value is -3.28. The summed E-state index contributed by atoms with van der Waals surface area (Å²) in [5, 5.41) is 3.33. The molecule has 2 heterocycles. The second-order valence-corrected chi connectivity index (χ2v) is 6.93. The Labute approximate surface area is 171 Å². The number of carbonyl (C=O) groups is 1. The Bertz CT molecular complexity index is 974. The molecule has 6 heteroatoms. The number of aryl methyl sites for hydroxylation is 1. The van der Waals surface area contributed by atoms with Gasteiger partial charge in [-0.15, -0.1) is 0 Å². The number of aromatic nitrogens is 3. The van der Waals surface area contributed by atoms with E-state index in [9.17, 15) is 4.79 Å². The number of unbranched alkanes of at least 4 members (excludes halogenated alkanes) is 1. The van der Waals surface area contributed by atoms with Gasteiger partial charge < -0.3 is 10.1 Å². The van der Waals surface area contributed by atoms with Gasteiger partial charge in [0.05, 0.1) is 19.2 Å². The molecule has 0 atom stereocenters. The van der Waals surface area contributed by atoms with E-state index in [0.29, 0.717) is 22.8 Å². The van der Waals surface area contributed by atoms with Crippen LogP contribution in [0.15, 0.2) is 48.8 Å². The van der Waals surface area contributed by atoms with Crippen LogP contribution in [-0.2, 0) is 6.42 Å². The molecule has 0 saturated carbocycles. The number of ether oxygens (including phenoxy) is 1. The standard InChI is InChI=1S/C23H26N4O2/c1-4-5-9-25-22-14-19(26-23(27-22)17-7-6-8-24-15-17)13-21(28)18-10-16(2)11-20(12-18)29-3/h6-8,10-12,14-15H,4-5,9,13H2,1-3H3,(H,25,26,27). The van der Waals surface area contributed by atoms with Crippen LogP contribution in [-0.4, -0.2) is 34.4 Å². The van der Waals surface area contributed by atoms with Crippen LogP contribution >= 0.6 is 0 Å². The van der Waals surface area contributed by atoms with Gasteiger partial charge in [-0.2, -0.15) is 0 Å². The number of pyridine rings is 1. The van der Waals surface area contributed by atoms with Crippen molar-refractivity contribution in [2.24, 2.45) is 0 Å². The van der Waals surface area contributed by atoms with Gasteiger partial charge >= 0.3 is 0 Å². The molecule has 150 valence electrons. The summed E-state index contributed by atoms with van der Waals surface area (Å²) in [5.74, 6) is 1.94. The SMILES string of the molecule is CCCCNc1cc(CC(=O)c2cc(C)cc(OC)c2)nc(-c2cccnc2)n1. The molecule has 0 amide bonds. The lowest BCUT2D eigenvalue weighted by atomic mass is 10.0. The van der Waals surface area contributed by atoms with Crippen molar-refractivity contribution in [2.75, 3.05) is 19.0 Å². The predicted octanol–water partition coefficient (Wildman–Crippen LogP) is 4.49. The maximum atomic E-state index is 12.9. The zero-order valence-corrected chi connectivity index (χ0v) is 17.1. The molecule has 0 aliphatic carbocycles. The summed E-state index contributed by atoms with van der Waals surface area (Å²) in [6.45, 7) is 4.91. The number of nitrogens with zero attached hydrogens (tertiary/aromatic N) is 3. The van der Waals surface area contributed by atoms with E-state index in [1.54, 1.807) is 25.6 Å². The number of hydrogen-bond acceptors (Lipinski definition) is 6. The van der Waals surface area contributed by atoms with Crippen LogP contribution in [0.5, 0.6) is 5.75 Å². The Morgan fingerprint density at radius 1 is 1.17 bits per heavy atom. The number of Topliss-reactive ketones (excluding diaryl/α,β-unsaturated/α-hetero) is 1. The van der Waals surface area contributed by atoms with Gasteiger partial charge in [-0.05, 0) is 49.2 Å². The maximum Gasteiger partial charge on any atom is 0.168 e. The van der Waals surface area contributed by atoms with E-state index in [1.807, 2.05) is 37.3 Å². The van der Waals surface area contributed by atoms with Crippen LogP contribution < -0.4 is 10.1 Å². The molecule has 0 unspecified atom stereocenters. The van der Waals surface area contributed by atoms with E-state index in [1.165, 1.54) is 0 Å². The highest BCUT2D eigenvalue weighted by Crippen LogP contribution is 2.21. The summed E-state index contributed by atoms with van der Waals surface area (Å²) in [7, 11) is 1.60. The molecule has 6 nitrogen and oxygen atoms in total. The van der Waals surface area contributed by atoms with Crippen molar-refractivity contribution in [2.45, 2.75) is 33.1 Å². The molecule has 0 saturated heterocycles. The summed E-state index contributed by atoms with van der Waals surface area (Å²) in [6.07, 6.45) is 5.76. The van der Waals surface area contributed by atoms with Crippen molar-refractivity contribution in [3.05, 3.63) is 65.6 Å². The molecule has 29 heavy (non-hydrogen) atoms. The lowest BCUT2D eigenvalue weighted by Gasteiger charge is -2.10. The van der Waals surface area contributed by atoms with E-state index in [4.69, 9.17) is 4.74 Å². The number of hydrogen-bond donors (Lipinski definition) is 1. The largest absolute Gasteiger partial charge is 0.497 e. The molecule has 0 fully saturated rings. The van der Waals surface area contributed by atoms with Crippen LogP contribution in [0, 0.1) is 6.92 Å². The van der Waals surface area contributed by atoms with Crippen LogP contribution in [0.4, 0.5) is 5.82 Å². The smallest absolute Gasteiger partial charge is 0.168 e. The number of methoxy groups -OCH3 is 1. The predicted molar refractivity (Wildman–Crippen MR) is 114 cm³/mol. The third kappa shape index (κ3) is 5.60. The number of carbonyl (C=O) groups excluding carboxylic acids is 1. The fourth-order valence-electron chi connectivity index (χ4n) is 2.99. The zero-order valence-electron chi connectivity index (χ0n) is 17.1. The van der Waals surface area contributed by atoms with E-state index in [-0.39, 0.29) is 12.2 Å². The molecule has 0 spiro atoms. The van der Waals surface area contributed by atoms with Crippen molar-refractivity contribution >= 4 is 11.6 Å². The molecule has 0 aliphatic heterocycles. The second-order valence-electron chi connectivity index (χ2n) is 6.93. The Morgan fingerprint density at radius 2 is 2.03 bits per heavy atom. The highest BCUT2D eigenvalue weighted by molar-refractivity contribution is 5.98. The van der Waals surface area contributed by atoms with Crippen LogP contribution in [0.25, 0.3) is 11.4 Å². The van der Waals surface area contributed by atoms with Gasteiger partial charge in [0.1, 0.15) is 11.6 Å².